The zero-order valence-corrected chi connectivity index (χ0v) is 12.7. The number of rotatable bonds is 4. The van der Waals surface area contributed by atoms with Crippen molar-refractivity contribution in [1.29, 1.82) is 0 Å². The molecular formula is C13H14N2O3S2. The number of hydrogen-bond donors (Lipinski definition) is 3. The van der Waals surface area contributed by atoms with E-state index in [4.69, 9.17) is 0 Å². The van der Waals surface area contributed by atoms with E-state index in [1.54, 1.807) is 18.3 Å². The highest BCUT2D eigenvalue weighted by Crippen LogP contribution is 2.32. The number of nitrogens with one attached hydrogen (secondary N) is 2. The molecule has 106 valence electrons. The van der Waals surface area contributed by atoms with E-state index >= 15 is 0 Å². The standard InChI is InChI=1S/C13H14N2O3S2/c1-7-8(2)20-11(10(7)12(16)17)15-13(18)14-6-9-4-3-5-19-9/h3-5H,6H2,1-2H3,(H,16,17)(H2,14,15,18). The van der Waals surface area contributed by atoms with Crippen LogP contribution in [0.1, 0.15) is 25.7 Å². The molecule has 0 saturated carbocycles. The van der Waals surface area contributed by atoms with Crippen molar-refractivity contribution < 1.29 is 14.7 Å². The molecule has 0 saturated heterocycles. The van der Waals surface area contributed by atoms with Gasteiger partial charge in [-0.15, -0.1) is 22.7 Å². The van der Waals surface area contributed by atoms with Gasteiger partial charge in [0.25, 0.3) is 0 Å². The molecule has 0 aliphatic carbocycles. The van der Waals surface area contributed by atoms with Crippen LogP contribution >= 0.6 is 22.7 Å². The first kappa shape index (κ1) is 14.5. The maximum atomic E-state index is 11.8. The highest BCUT2D eigenvalue weighted by molar-refractivity contribution is 7.16. The zero-order chi connectivity index (χ0) is 14.7. The van der Waals surface area contributed by atoms with Gasteiger partial charge in [0, 0.05) is 9.75 Å². The van der Waals surface area contributed by atoms with E-state index in [2.05, 4.69) is 10.6 Å². The predicted octanol–water partition coefficient (Wildman–Crippen LogP) is 3.45. The molecule has 0 fully saturated rings. The van der Waals surface area contributed by atoms with E-state index < -0.39 is 12.0 Å². The summed E-state index contributed by atoms with van der Waals surface area (Å²) in [7, 11) is 0. The van der Waals surface area contributed by atoms with E-state index in [9.17, 15) is 14.7 Å². The highest BCUT2D eigenvalue weighted by atomic mass is 32.1. The van der Waals surface area contributed by atoms with Crippen LogP contribution in [0.2, 0.25) is 0 Å². The molecule has 2 amide bonds. The lowest BCUT2D eigenvalue weighted by Gasteiger charge is -2.06. The molecular weight excluding hydrogens is 296 g/mol. The van der Waals surface area contributed by atoms with Crippen molar-refractivity contribution in [1.82, 2.24) is 5.32 Å². The third-order valence-electron chi connectivity index (χ3n) is 2.83. The summed E-state index contributed by atoms with van der Waals surface area (Å²) in [6.45, 7) is 4.00. The summed E-state index contributed by atoms with van der Waals surface area (Å²) in [5, 5.41) is 16.8. The molecule has 0 radical (unpaired) electrons. The SMILES string of the molecule is Cc1sc(NC(=O)NCc2cccs2)c(C(=O)O)c1C. The van der Waals surface area contributed by atoms with Crippen molar-refractivity contribution in [2.45, 2.75) is 20.4 Å². The minimum Gasteiger partial charge on any atom is -0.478 e. The highest BCUT2D eigenvalue weighted by Gasteiger charge is 2.20. The first-order valence-corrected chi connectivity index (χ1v) is 7.59. The first-order chi connectivity index (χ1) is 9.49. The summed E-state index contributed by atoms with van der Waals surface area (Å²) in [6, 6.07) is 3.43. The van der Waals surface area contributed by atoms with Gasteiger partial charge >= 0.3 is 12.0 Å². The van der Waals surface area contributed by atoms with Crippen LogP contribution < -0.4 is 10.6 Å². The average molecular weight is 310 g/mol. The summed E-state index contributed by atoms with van der Waals surface area (Å²) in [5.41, 5.74) is 0.856. The van der Waals surface area contributed by atoms with Gasteiger partial charge in [-0.1, -0.05) is 6.07 Å². The molecule has 0 atom stereocenters. The Morgan fingerprint density at radius 3 is 2.70 bits per heavy atom. The van der Waals surface area contributed by atoms with Crippen LogP contribution in [0, 0.1) is 13.8 Å². The van der Waals surface area contributed by atoms with Crippen LogP contribution in [-0.4, -0.2) is 17.1 Å². The molecule has 7 heteroatoms. The minimum absolute atomic E-state index is 0.166. The topological polar surface area (TPSA) is 78.4 Å². The molecule has 2 aromatic heterocycles. The molecule has 0 unspecified atom stereocenters. The van der Waals surface area contributed by atoms with Crippen LogP contribution in [0.5, 0.6) is 0 Å². The lowest BCUT2D eigenvalue weighted by atomic mass is 10.1. The molecule has 0 bridgehead atoms. The fraction of sp³-hybridized carbons (Fsp3) is 0.231. The Kier molecular flexibility index (Phi) is 4.41. The van der Waals surface area contributed by atoms with Gasteiger partial charge in [0.2, 0.25) is 0 Å². The van der Waals surface area contributed by atoms with Crippen LogP contribution in [0.3, 0.4) is 0 Å². The fourth-order valence-corrected chi connectivity index (χ4v) is 3.39. The molecule has 20 heavy (non-hydrogen) atoms. The van der Waals surface area contributed by atoms with Crippen LogP contribution in [0.25, 0.3) is 0 Å². The summed E-state index contributed by atoms with van der Waals surface area (Å²) >= 11 is 2.82. The van der Waals surface area contributed by atoms with Gasteiger partial charge in [-0.3, -0.25) is 5.32 Å². The predicted molar refractivity (Wildman–Crippen MR) is 80.9 cm³/mol. The second-order valence-electron chi connectivity index (χ2n) is 4.18. The zero-order valence-electron chi connectivity index (χ0n) is 11.0. The Bertz CT molecular complexity index is 632. The number of thiophene rings is 2. The monoisotopic (exact) mass is 310 g/mol. The number of carbonyl (C=O) groups is 2. The quantitative estimate of drug-likeness (QED) is 0.809. The van der Waals surface area contributed by atoms with Gasteiger partial charge in [0.1, 0.15) is 5.00 Å². The van der Waals surface area contributed by atoms with Gasteiger partial charge in [-0.2, -0.15) is 0 Å². The van der Waals surface area contributed by atoms with Gasteiger partial charge in [-0.05, 0) is 30.9 Å². The molecule has 5 nitrogen and oxygen atoms in total. The lowest BCUT2D eigenvalue weighted by molar-refractivity contribution is 0.0697. The molecule has 3 N–H and O–H groups in total. The molecule has 0 aromatic carbocycles. The van der Waals surface area contributed by atoms with E-state index in [0.29, 0.717) is 17.1 Å². The number of aryl methyl sites for hydroxylation is 1. The van der Waals surface area contributed by atoms with Gasteiger partial charge in [-0.25, -0.2) is 9.59 Å². The van der Waals surface area contributed by atoms with E-state index in [1.807, 2.05) is 24.4 Å². The Morgan fingerprint density at radius 2 is 2.10 bits per heavy atom. The van der Waals surface area contributed by atoms with Crippen LogP contribution in [0.4, 0.5) is 9.80 Å². The number of anilines is 1. The third-order valence-corrected chi connectivity index (χ3v) is 4.83. The van der Waals surface area contributed by atoms with Crippen molar-refractivity contribution in [3.63, 3.8) is 0 Å². The molecule has 0 spiro atoms. The van der Waals surface area contributed by atoms with Crippen LogP contribution in [0.15, 0.2) is 17.5 Å². The van der Waals surface area contributed by atoms with E-state index in [0.717, 1.165) is 9.75 Å². The summed E-state index contributed by atoms with van der Waals surface area (Å²) < 4.78 is 0. The number of carboxylic acid groups (broad SMARTS) is 1. The smallest absolute Gasteiger partial charge is 0.338 e. The van der Waals surface area contributed by atoms with Crippen molar-refractivity contribution in [2.24, 2.45) is 0 Å². The lowest BCUT2D eigenvalue weighted by Crippen LogP contribution is -2.28. The Balaban J connectivity index is 2.04. The van der Waals surface area contributed by atoms with Gasteiger partial charge in [0.15, 0.2) is 0 Å². The number of aromatic carboxylic acids is 1. The number of hydrogen-bond acceptors (Lipinski definition) is 4. The third kappa shape index (κ3) is 3.17. The number of carbonyl (C=O) groups excluding carboxylic acids is 1. The number of amides is 2. The molecule has 2 rings (SSSR count). The Labute approximate surface area is 124 Å². The molecule has 0 aliphatic heterocycles. The summed E-state index contributed by atoms with van der Waals surface area (Å²) in [4.78, 5) is 24.9. The van der Waals surface area contributed by atoms with Crippen molar-refractivity contribution in [2.75, 3.05) is 5.32 Å². The maximum absolute atomic E-state index is 11.8. The largest absolute Gasteiger partial charge is 0.478 e. The van der Waals surface area contributed by atoms with Crippen LogP contribution in [-0.2, 0) is 6.54 Å². The second kappa shape index (κ2) is 6.06. The van der Waals surface area contributed by atoms with E-state index in [-0.39, 0.29) is 5.56 Å². The normalized spacial score (nSPS) is 10.3. The Morgan fingerprint density at radius 1 is 1.35 bits per heavy atom. The fourth-order valence-electron chi connectivity index (χ4n) is 1.70. The van der Waals surface area contributed by atoms with Crippen molar-refractivity contribution in [3.8, 4) is 0 Å². The maximum Gasteiger partial charge on any atom is 0.338 e. The van der Waals surface area contributed by atoms with E-state index in [1.165, 1.54) is 11.3 Å². The average Bonchev–Trinajstić information content (AvgIpc) is 2.96. The Hall–Kier alpha value is -1.86. The first-order valence-electron chi connectivity index (χ1n) is 5.89. The van der Waals surface area contributed by atoms with Crippen molar-refractivity contribution >= 4 is 39.7 Å². The number of urea groups is 1. The summed E-state index contributed by atoms with van der Waals surface area (Å²) in [6.07, 6.45) is 0. The second-order valence-corrected chi connectivity index (χ2v) is 6.44. The minimum atomic E-state index is -1.03. The van der Waals surface area contributed by atoms with Crippen molar-refractivity contribution in [3.05, 3.63) is 38.4 Å². The summed E-state index contributed by atoms with van der Waals surface area (Å²) in [5.74, 6) is -1.03. The molecule has 2 heterocycles. The molecule has 0 aliphatic rings. The number of carboxylic acids is 1. The molecule has 2 aromatic rings. The van der Waals surface area contributed by atoms with Gasteiger partial charge < -0.3 is 10.4 Å². The van der Waals surface area contributed by atoms with Gasteiger partial charge in [0.05, 0.1) is 12.1 Å².